The van der Waals surface area contributed by atoms with Crippen LogP contribution in [0.4, 0.5) is 14.5 Å². The van der Waals surface area contributed by atoms with Gasteiger partial charge in [0, 0.05) is 10.7 Å². The van der Waals surface area contributed by atoms with Crippen molar-refractivity contribution in [3.8, 4) is 0 Å². The Morgan fingerprint density at radius 3 is 2.67 bits per heavy atom. The van der Waals surface area contributed by atoms with Gasteiger partial charge in [-0.3, -0.25) is 0 Å². The molecule has 2 aromatic rings. The summed E-state index contributed by atoms with van der Waals surface area (Å²) >= 11 is 8.70. The van der Waals surface area contributed by atoms with Crippen LogP contribution in [0.5, 0.6) is 0 Å². The van der Waals surface area contributed by atoms with Crippen molar-refractivity contribution in [1.29, 1.82) is 0 Å². The average molecular weight is 377 g/mol. The van der Waals surface area contributed by atoms with Gasteiger partial charge in [0.2, 0.25) is 0 Å². The first-order chi connectivity index (χ1) is 9.88. The quantitative estimate of drug-likeness (QED) is 0.493. The molecule has 0 heterocycles. The highest BCUT2D eigenvalue weighted by Gasteiger charge is 2.16. The second kappa shape index (κ2) is 6.41. The van der Waals surface area contributed by atoms with Crippen molar-refractivity contribution in [2.75, 3.05) is 5.73 Å². The van der Waals surface area contributed by atoms with Crippen LogP contribution in [-0.2, 0) is 11.3 Å². The van der Waals surface area contributed by atoms with E-state index in [0.29, 0.717) is 0 Å². The number of esters is 1. The van der Waals surface area contributed by atoms with E-state index in [-0.39, 0.29) is 26.3 Å². The number of rotatable bonds is 3. The summed E-state index contributed by atoms with van der Waals surface area (Å²) in [5, 5.41) is 0.266. The van der Waals surface area contributed by atoms with E-state index < -0.39 is 24.2 Å². The minimum absolute atomic E-state index is 0.0851. The lowest BCUT2D eigenvalue weighted by molar-refractivity contribution is 0.0464. The Balaban J connectivity index is 2.17. The summed E-state index contributed by atoms with van der Waals surface area (Å²) < 4.78 is 32.2. The molecule has 0 bridgehead atoms. The highest BCUT2D eigenvalue weighted by molar-refractivity contribution is 9.10. The average Bonchev–Trinajstić information content (AvgIpc) is 2.41. The monoisotopic (exact) mass is 375 g/mol. The normalized spacial score (nSPS) is 10.5. The molecule has 0 amide bonds. The largest absolute Gasteiger partial charge is 0.457 e. The van der Waals surface area contributed by atoms with Gasteiger partial charge < -0.3 is 10.5 Å². The summed E-state index contributed by atoms with van der Waals surface area (Å²) in [6.07, 6.45) is 0. The van der Waals surface area contributed by atoms with Gasteiger partial charge >= 0.3 is 5.97 Å². The first-order valence-corrected chi connectivity index (χ1v) is 6.91. The number of carbonyl (C=O) groups is 1. The number of anilines is 1. The molecule has 7 heteroatoms. The maximum Gasteiger partial charge on any atom is 0.338 e. The van der Waals surface area contributed by atoms with Gasteiger partial charge in [-0.05, 0) is 46.3 Å². The van der Waals surface area contributed by atoms with E-state index in [1.807, 2.05) is 0 Å². The SMILES string of the molecule is Nc1cc(Cl)cc(C(=O)OCc2c(F)ccc(Br)c2F)c1. The lowest BCUT2D eigenvalue weighted by Crippen LogP contribution is -2.08. The van der Waals surface area contributed by atoms with E-state index in [0.717, 1.165) is 6.07 Å². The Hall–Kier alpha value is -1.66. The van der Waals surface area contributed by atoms with E-state index in [1.54, 1.807) is 0 Å². The Bertz CT molecular complexity index is 689. The molecule has 0 aliphatic heterocycles. The molecule has 0 aliphatic rings. The number of hydrogen-bond acceptors (Lipinski definition) is 3. The molecule has 0 fully saturated rings. The Morgan fingerprint density at radius 2 is 2.00 bits per heavy atom. The summed E-state index contributed by atoms with van der Waals surface area (Å²) in [6.45, 7) is -0.539. The molecule has 0 saturated heterocycles. The molecule has 21 heavy (non-hydrogen) atoms. The summed E-state index contributed by atoms with van der Waals surface area (Å²) in [6, 6.07) is 6.49. The lowest BCUT2D eigenvalue weighted by Gasteiger charge is -2.08. The molecule has 2 N–H and O–H groups in total. The van der Waals surface area contributed by atoms with Crippen LogP contribution in [0.25, 0.3) is 0 Å². The van der Waals surface area contributed by atoms with Crippen molar-refractivity contribution in [3.63, 3.8) is 0 Å². The van der Waals surface area contributed by atoms with Crippen molar-refractivity contribution in [2.45, 2.75) is 6.61 Å². The van der Waals surface area contributed by atoms with Crippen LogP contribution in [0, 0.1) is 11.6 Å². The third-order valence-corrected chi connectivity index (χ3v) is 3.47. The summed E-state index contributed by atoms with van der Waals surface area (Å²) in [4.78, 5) is 11.8. The molecule has 0 aliphatic carbocycles. The second-order valence-corrected chi connectivity index (χ2v) is 5.46. The molecule has 110 valence electrons. The topological polar surface area (TPSA) is 52.3 Å². The Kier molecular flexibility index (Phi) is 4.80. The first kappa shape index (κ1) is 15.7. The number of carbonyl (C=O) groups excluding carboxylic acids is 1. The molecular weight excluding hydrogens is 368 g/mol. The van der Waals surface area contributed by atoms with Gasteiger partial charge in [0.25, 0.3) is 0 Å². The maximum atomic E-state index is 13.7. The van der Waals surface area contributed by atoms with E-state index in [1.165, 1.54) is 24.3 Å². The van der Waals surface area contributed by atoms with Gasteiger partial charge in [0.05, 0.1) is 15.6 Å². The van der Waals surface area contributed by atoms with Crippen LogP contribution < -0.4 is 5.73 Å². The zero-order valence-electron chi connectivity index (χ0n) is 10.5. The van der Waals surface area contributed by atoms with Crippen molar-refractivity contribution >= 4 is 39.2 Å². The highest BCUT2D eigenvalue weighted by Crippen LogP contribution is 2.23. The highest BCUT2D eigenvalue weighted by atomic mass is 79.9. The molecule has 2 rings (SSSR count). The predicted molar refractivity (Wildman–Crippen MR) is 79.0 cm³/mol. The number of nitrogens with two attached hydrogens (primary N) is 1. The van der Waals surface area contributed by atoms with Crippen molar-refractivity contribution in [1.82, 2.24) is 0 Å². The van der Waals surface area contributed by atoms with Crippen LogP contribution in [0.2, 0.25) is 5.02 Å². The van der Waals surface area contributed by atoms with Gasteiger partial charge in [-0.2, -0.15) is 0 Å². The molecule has 3 nitrogen and oxygen atoms in total. The van der Waals surface area contributed by atoms with Crippen molar-refractivity contribution < 1.29 is 18.3 Å². The minimum Gasteiger partial charge on any atom is -0.457 e. The lowest BCUT2D eigenvalue weighted by atomic mass is 10.2. The first-order valence-electron chi connectivity index (χ1n) is 5.74. The molecule has 0 radical (unpaired) electrons. The molecular formula is C14H9BrClF2NO2. The van der Waals surface area contributed by atoms with E-state index in [2.05, 4.69) is 15.9 Å². The smallest absolute Gasteiger partial charge is 0.338 e. The van der Waals surface area contributed by atoms with Crippen LogP contribution in [-0.4, -0.2) is 5.97 Å². The molecule has 2 aromatic carbocycles. The van der Waals surface area contributed by atoms with Crippen molar-refractivity contribution in [3.05, 3.63) is 62.6 Å². The molecule has 0 aromatic heterocycles. The van der Waals surface area contributed by atoms with Gasteiger partial charge in [-0.15, -0.1) is 0 Å². The Labute approximate surface area is 132 Å². The molecule has 0 unspecified atom stereocenters. The standard InChI is InChI=1S/C14H9BrClF2NO2/c15-11-1-2-12(17)10(13(11)18)6-21-14(20)7-3-8(16)5-9(19)4-7/h1-5H,6,19H2. The number of hydrogen-bond donors (Lipinski definition) is 1. The zero-order valence-corrected chi connectivity index (χ0v) is 12.8. The number of nitrogen functional groups attached to an aromatic ring is 1. The van der Waals surface area contributed by atoms with E-state index in [4.69, 9.17) is 22.1 Å². The maximum absolute atomic E-state index is 13.7. The predicted octanol–water partition coefficient (Wildman–Crippen LogP) is 4.32. The van der Waals surface area contributed by atoms with Gasteiger partial charge in [-0.1, -0.05) is 11.6 Å². The van der Waals surface area contributed by atoms with Crippen LogP contribution in [0.15, 0.2) is 34.8 Å². The van der Waals surface area contributed by atoms with Crippen LogP contribution in [0.1, 0.15) is 15.9 Å². The molecule has 0 spiro atoms. The van der Waals surface area contributed by atoms with Crippen LogP contribution >= 0.6 is 27.5 Å². The van der Waals surface area contributed by atoms with Gasteiger partial charge in [-0.25, -0.2) is 13.6 Å². The fourth-order valence-electron chi connectivity index (χ4n) is 1.65. The fraction of sp³-hybridized carbons (Fsp3) is 0.0714. The fourth-order valence-corrected chi connectivity index (χ4v) is 2.27. The minimum atomic E-state index is -0.812. The molecule has 0 saturated carbocycles. The number of benzene rings is 2. The Morgan fingerprint density at radius 1 is 1.29 bits per heavy atom. The summed E-state index contributed by atoms with van der Waals surface area (Å²) in [7, 11) is 0. The summed E-state index contributed by atoms with van der Waals surface area (Å²) in [5.74, 6) is -2.38. The van der Waals surface area contributed by atoms with E-state index >= 15 is 0 Å². The zero-order chi connectivity index (χ0) is 15.6. The summed E-state index contributed by atoms with van der Waals surface area (Å²) in [5.41, 5.74) is 5.61. The van der Waals surface area contributed by atoms with E-state index in [9.17, 15) is 13.6 Å². The molecule has 0 atom stereocenters. The number of ether oxygens (including phenoxy) is 1. The van der Waals surface area contributed by atoms with Crippen molar-refractivity contribution in [2.24, 2.45) is 0 Å². The van der Waals surface area contributed by atoms with Crippen LogP contribution in [0.3, 0.4) is 0 Å². The number of halogens is 4. The van der Waals surface area contributed by atoms with Gasteiger partial charge in [0.15, 0.2) is 0 Å². The second-order valence-electron chi connectivity index (χ2n) is 4.17. The van der Waals surface area contributed by atoms with Gasteiger partial charge in [0.1, 0.15) is 18.2 Å². The third-order valence-electron chi connectivity index (χ3n) is 2.64. The third kappa shape index (κ3) is 3.71.